The van der Waals surface area contributed by atoms with Crippen LogP contribution in [0.4, 0.5) is 11.4 Å². The summed E-state index contributed by atoms with van der Waals surface area (Å²) in [5.41, 5.74) is 2.41. The lowest BCUT2D eigenvalue weighted by atomic mass is 10.2. The number of para-hydroxylation sites is 1. The minimum absolute atomic E-state index is 0.0477. The minimum Gasteiger partial charge on any atom is -0.375 e. The highest BCUT2D eigenvalue weighted by molar-refractivity contribution is 5.98. The van der Waals surface area contributed by atoms with Gasteiger partial charge >= 0.3 is 0 Å². The summed E-state index contributed by atoms with van der Waals surface area (Å²) in [6, 6.07) is 17.3. The van der Waals surface area contributed by atoms with Gasteiger partial charge in [-0.2, -0.15) is 0 Å². The smallest absolute Gasteiger partial charge is 0.251 e. The molecule has 5 heteroatoms. The molecule has 0 heterocycles. The molecule has 136 valence electrons. The molecule has 1 fully saturated rings. The van der Waals surface area contributed by atoms with Gasteiger partial charge in [0.05, 0.1) is 0 Å². The van der Waals surface area contributed by atoms with Crippen molar-refractivity contribution in [2.24, 2.45) is 5.92 Å². The lowest BCUT2D eigenvalue weighted by molar-refractivity contribution is -0.117. The van der Waals surface area contributed by atoms with Crippen LogP contribution in [0.3, 0.4) is 0 Å². The molecule has 1 aliphatic carbocycles. The molecule has 0 unspecified atom stereocenters. The second-order valence-electron chi connectivity index (χ2n) is 6.71. The molecule has 0 radical (unpaired) electrons. The molecule has 0 aliphatic heterocycles. The van der Waals surface area contributed by atoms with Crippen molar-refractivity contribution < 1.29 is 9.59 Å². The molecule has 2 amide bonds. The van der Waals surface area contributed by atoms with E-state index in [-0.39, 0.29) is 17.7 Å². The summed E-state index contributed by atoms with van der Waals surface area (Å²) in [6.45, 7) is 1.47. The zero-order valence-corrected chi connectivity index (χ0v) is 15.1. The van der Waals surface area contributed by atoms with E-state index in [0.29, 0.717) is 17.8 Å². The molecule has 1 aliphatic rings. The van der Waals surface area contributed by atoms with E-state index in [4.69, 9.17) is 0 Å². The summed E-state index contributed by atoms with van der Waals surface area (Å²) in [5, 5.41) is 5.82. The van der Waals surface area contributed by atoms with Crippen LogP contribution in [-0.4, -0.2) is 32.0 Å². The van der Waals surface area contributed by atoms with Crippen molar-refractivity contribution in [2.45, 2.75) is 19.3 Å². The molecule has 0 saturated heterocycles. The first-order chi connectivity index (χ1) is 12.6. The number of hydrogen-bond acceptors (Lipinski definition) is 3. The minimum atomic E-state index is -0.116. The van der Waals surface area contributed by atoms with Gasteiger partial charge < -0.3 is 15.5 Å². The maximum absolute atomic E-state index is 12.3. The highest BCUT2D eigenvalue weighted by Crippen LogP contribution is 2.30. The summed E-state index contributed by atoms with van der Waals surface area (Å²) in [5.74, 6) is 0.0791. The summed E-state index contributed by atoms with van der Waals surface area (Å²) in [4.78, 5) is 26.3. The summed E-state index contributed by atoms with van der Waals surface area (Å²) < 4.78 is 0. The lowest BCUT2D eigenvalue weighted by Gasteiger charge is -2.19. The fraction of sp³-hybridized carbons (Fsp3) is 0.333. The van der Waals surface area contributed by atoms with Crippen LogP contribution in [0.5, 0.6) is 0 Å². The topological polar surface area (TPSA) is 61.4 Å². The molecular formula is C21H25N3O2. The van der Waals surface area contributed by atoms with E-state index < -0.39 is 0 Å². The van der Waals surface area contributed by atoms with Gasteiger partial charge in [-0.15, -0.1) is 0 Å². The first-order valence-electron chi connectivity index (χ1n) is 9.09. The quantitative estimate of drug-likeness (QED) is 0.718. The van der Waals surface area contributed by atoms with E-state index in [1.165, 1.54) is 0 Å². The van der Waals surface area contributed by atoms with Gasteiger partial charge in [-0.1, -0.05) is 24.3 Å². The summed E-state index contributed by atoms with van der Waals surface area (Å²) in [7, 11) is 2.04. The number of carbonyl (C=O) groups excluding carboxylic acids is 2. The van der Waals surface area contributed by atoms with Crippen LogP contribution in [0.25, 0.3) is 0 Å². The SMILES string of the molecule is CN(CCCNC(=O)c1cccc(NC(=O)C2CC2)c1)c1ccccc1. The lowest BCUT2D eigenvalue weighted by Crippen LogP contribution is -2.28. The van der Waals surface area contributed by atoms with Gasteiger partial charge in [0.25, 0.3) is 5.91 Å². The van der Waals surface area contributed by atoms with Crippen LogP contribution in [0, 0.1) is 5.92 Å². The molecule has 2 N–H and O–H groups in total. The predicted molar refractivity (Wildman–Crippen MR) is 104 cm³/mol. The largest absolute Gasteiger partial charge is 0.375 e. The molecule has 0 bridgehead atoms. The molecular weight excluding hydrogens is 326 g/mol. The van der Waals surface area contributed by atoms with E-state index in [2.05, 4.69) is 27.7 Å². The Morgan fingerprint density at radius 1 is 1.08 bits per heavy atom. The fourth-order valence-corrected chi connectivity index (χ4v) is 2.76. The van der Waals surface area contributed by atoms with Gasteiger partial charge in [0.15, 0.2) is 0 Å². The maximum atomic E-state index is 12.3. The number of anilines is 2. The Morgan fingerprint density at radius 2 is 1.85 bits per heavy atom. The first-order valence-corrected chi connectivity index (χ1v) is 9.09. The molecule has 0 atom stereocenters. The highest BCUT2D eigenvalue weighted by atomic mass is 16.2. The van der Waals surface area contributed by atoms with Gasteiger partial charge in [0, 0.05) is 43.0 Å². The van der Waals surface area contributed by atoms with E-state index in [0.717, 1.165) is 31.5 Å². The van der Waals surface area contributed by atoms with Crippen LogP contribution < -0.4 is 15.5 Å². The molecule has 26 heavy (non-hydrogen) atoms. The van der Waals surface area contributed by atoms with Gasteiger partial charge in [-0.25, -0.2) is 0 Å². The zero-order chi connectivity index (χ0) is 18.4. The molecule has 5 nitrogen and oxygen atoms in total. The maximum Gasteiger partial charge on any atom is 0.251 e. The van der Waals surface area contributed by atoms with Crippen molar-refractivity contribution in [3.05, 3.63) is 60.2 Å². The van der Waals surface area contributed by atoms with Gasteiger partial charge in [-0.05, 0) is 49.6 Å². The van der Waals surface area contributed by atoms with Crippen molar-refractivity contribution in [3.63, 3.8) is 0 Å². The van der Waals surface area contributed by atoms with Crippen molar-refractivity contribution in [3.8, 4) is 0 Å². The first kappa shape index (κ1) is 18.0. The van der Waals surface area contributed by atoms with Gasteiger partial charge in [0.1, 0.15) is 0 Å². The predicted octanol–water partition coefficient (Wildman–Crippen LogP) is 3.29. The van der Waals surface area contributed by atoms with Crippen LogP contribution >= 0.6 is 0 Å². The number of amides is 2. The molecule has 2 aromatic carbocycles. The number of nitrogens with zero attached hydrogens (tertiary/aromatic N) is 1. The molecule has 2 aromatic rings. The number of hydrogen-bond donors (Lipinski definition) is 2. The molecule has 0 aromatic heterocycles. The van der Waals surface area contributed by atoms with Crippen LogP contribution in [0.1, 0.15) is 29.6 Å². The van der Waals surface area contributed by atoms with E-state index in [9.17, 15) is 9.59 Å². The van der Waals surface area contributed by atoms with Crippen molar-refractivity contribution in [2.75, 3.05) is 30.4 Å². The normalized spacial score (nSPS) is 13.1. The third kappa shape index (κ3) is 5.09. The standard InChI is InChI=1S/C21H25N3O2/c1-24(19-9-3-2-4-10-19)14-6-13-22-20(25)17-7-5-8-18(15-17)23-21(26)16-11-12-16/h2-5,7-10,15-16H,6,11-14H2,1H3,(H,22,25)(H,23,26). The average Bonchev–Trinajstić information content (AvgIpc) is 3.51. The Bertz CT molecular complexity index is 757. The molecule has 0 spiro atoms. The van der Waals surface area contributed by atoms with Crippen molar-refractivity contribution in [1.29, 1.82) is 0 Å². The Hall–Kier alpha value is -2.82. The number of benzene rings is 2. The van der Waals surface area contributed by atoms with Gasteiger partial charge in [0.2, 0.25) is 5.91 Å². The number of rotatable bonds is 8. The van der Waals surface area contributed by atoms with Crippen LogP contribution in [-0.2, 0) is 4.79 Å². The average molecular weight is 351 g/mol. The van der Waals surface area contributed by atoms with Gasteiger partial charge in [-0.3, -0.25) is 9.59 Å². The van der Waals surface area contributed by atoms with Crippen molar-refractivity contribution in [1.82, 2.24) is 5.32 Å². The third-order valence-corrected chi connectivity index (χ3v) is 4.49. The Kier molecular flexibility index (Phi) is 5.89. The van der Waals surface area contributed by atoms with Crippen molar-refractivity contribution >= 4 is 23.2 Å². The van der Waals surface area contributed by atoms with E-state index in [1.54, 1.807) is 18.2 Å². The van der Waals surface area contributed by atoms with Crippen LogP contribution in [0.2, 0.25) is 0 Å². The summed E-state index contributed by atoms with van der Waals surface area (Å²) >= 11 is 0. The second-order valence-corrected chi connectivity index (χ2v) is 6.71. The second kappa shape index (κ2) is 8.52. The van der Waals surface area contributed by atoms with Crippen LogP contribution in [0.15, 0.2) is 54.6 Å². The van der Waals surface area contributed by atoms with E-state index in [1.807, 2.05) is 31.3 Å². The Morgan fingerprint density at radius 3 is 2.58 bits per heavy atom. The number of nitrogens with one attached hydrogen (secondary N) is 2. The zero-order valence-electron chi connectivity index (χ0n) is 15.1. The fourth-order valence-electron chi connectivity index (χ4n) is 2.76. The molecule has 3 rings (SSSR count). The third-order valence-electron chi connectivity index (χ3n) is 4.49. The monoisotopic (exact) mass is 351 g/mol. The Labute approximate surface area is 154 Å². The highest BCUT2D eigenvalue weighted by Gasteiger charge is 2.29. The van der Waals surface area contributed by atoms with E-state index >= 15 is 0 Å². The summed E-state index contributed by atoms with van der Waals surface area (Å²) in [6.07, 6.45) is 2.78. The molecule has 1 saturated carbocycles. The Balaban J connectivity index is 1.43. The number of carbonyl (C=O) groups is 2.